The van der Waals surface area contributed by atoms with E-state index in [-0.39, 0.29) is 30.7 Å². The van der Waals surface area contributed by atoms with Crippen LogP contribution in [-0.2, 0) is 14.3 Å². The molecular formula is C21H35N5O3S. The van der Waals surface area contributed by atoms with Gasteiger partial charge in [0.25, 0.3) is 0 Å². The van der Waals surface area contributed by atoms with Gasteiger partial charge in [0.1, 0.15) is 6.54 Å². The van der Waals surface area contributed by atoms with Gasteiger partial charge in [0.15, 0.2) is 5.96 Å². The molecule has 2 N–H and O–H groups in total. The number of nitrogens with zero attached hydrogens (tertiary/aromatic N) is 3. The first-order valence-electron chi connectivity index (χ1n) is 10.8. The zero-order chi connectivity index (χ0) is 21.3. The highest BCUT2D eigenvalue weighted by molar-refractivity contribution is 7.10. The van der Waals surface area contributed by atoms with Crippen molar-refractivity contribution in [3.63, 3.8) is 0 Å². The second-order valence-electron chi connectivity index (χ2n) is 8.06. The highest BCUT2D eigenvalue weighted by Crippen LogP contribution is 2.26. The number of likely N-dealkylation sites (N-methyl/N-ethyl adjacent to an activating group) is 1. The molecule has 0 aliphatic carbocycles. The van der Waals surface area contributed by atoms with Crippen LogP contribution in [0.4, 0.5) is 0 Å². The van der Waals surface area contributed by atoms with E-state index in [0.717, 1.165) is 39.1 Å². The molecule has 8 nitrogen and oxygen atoms in total. The molecule has 1 aromatic rings. The second-order valence-corrected chi connectivity index (χ2v) is 9.04. The van der Waals surface area contributed by atoms with E-state index in [1.165, 1.54) is 4.88 Å². The molecule has 168 valence electrons. The van der Waals surface area contributed by atoms with Crippen LogP contribution in [0.25, 0.3) is 0 Å². The van der Waals surface area contributed by atoms with Gasteiger partial charge in [-0.2, -0.15) is 0 Å². The first-order chi connectivity index (χ1) is 14.5. The topological polar surface area (TPSA) is 78.4 Å². The lowest BCUT2D eigenvalue weighted by molar-refractivity contribution is -0.127. The first kappa shape index (κ1) is 23.0. The molecule has 2 aliphatic rings. The fourth-order valence-electron chi connectivity index (χ4n) is 3.69. The Morgan fingerprint density at radius 1 is 1.37 bits per heavy atom. The molecule has 2 saturated heterocycles. The van der Waals surface area contributed by atoms with Crippen molar-refractivity contribution in [1.82, 2.24) is 20.4 Å². The lowest BCUT2D eigenvalue weighted by atomic mass is 10.1. The summed E-state index contributed by atoms with van der Waals surface area (Å²) in [6.07, 6.45) is 2.58. The number of carbonyl (C=O) groups is 1. The summed E-state index contributed by atoms with van der Waals surface area (Å²) in [5.74, 6) is 0.633. The van der Waals surface area contributed by atoms with E-state index < -0.39 is 0 Å². The van der Waals surface area contributed by atoms with Crippen LogP contribution in [0.2, 0.25) is 0 Å². The average molecular weight is 438 g/mol. The van der Waals surface area contributed by atoms with Crippen LogP contribution in [-0.4, -0.2) is 93.9 Å². The minimum absolute atomic E-state index is 0.0231. The maximum atomic E-state index is 12.0. The summed E-state index contributed by atoms with van der Waals surface area (Å²) in [6, 6.07) is 4.51. The van der Waals surface area contributed by atoms with Crippen LogP contribution in [0.3, 0.4) is 0 Å². The Bertz CT molecular complexity index is 676. The fraction of sp³-hybridized carbons (Fsp3) is 0.714. The van der Waals surface area contributed by atoms with E-state index in [4.69, 9.17) is 9.47 Å². The molecule has 0 spiro atoms. The average Bonchev–Trinajstić information content (AvgIpc) is 3.43. The summed E-state index contributed by atoms with van der Waals surface area (Å²) < 4.78 is 11.5. The molecule has 0 radical (unpaired) electrons. The van der Waals surface area contributed by atoms with Crippen LogP contribution in [0.1, 0.15) is 30.7 Å². The zero-order valence-corrected chi connectivity index (χ0v) is 19.1. The Balaban J connectivity index is 1.65. The third-order valence-electron chi connectivity index (χ3n) is 5.44. The number of guanidine groups is 1. The van der Waals surface area contributed by atoms with E-state index >= 15 is 0 Å². The summed E-state index contributed by atoms with van der Waals surface area (Å²) in [5, 5.41) is 8.96. The molecule has 2 fully saturated rings. The summed E-state index contributed by atoms with van der Waals surface area (Å²) in [7, 11) is 3.49. The minimum Gasteiger partial charge on any atom is -0.376 e. The normalized spacial score (nSPS) is 23.9. The molecule has 3 rings (SSSR count). The highest BCUT2D eigenvalue weighted by Gasteiger charge is 2.26. The lowest BCUT2D eigenvalue weighted by Crippen LogP contribution is -2.49. The number of hydrogen-bond donors (Lipinski definition) is 2. The van der Waals surface area contributed by atoms with Crippen LogP contribution in [0.15, 0.2) is 22.5 Å². The lowest BCUT2D eigenvalue weighted by Gasteiger charge is -2.37. The number of nitrogens with one attached hydrogen (secondary N) is 2. The Kier molecular flexibility index (Phi) is 8.92. The largest absolute Gasteiger partial charge is 0.376 e. The van der Waals surface area contributed by atoms with Gasteiger partial charge < -0.3 is 25.0 Å². The van der Waals surface area contributed by atoms with Crippen LogP contribution in [0, 0.1) is 0 Å². The van der Waals surface area contributed by atoms with Crippen LogP contribution in [0.5, 0.6) is 0 Å². The van der Waals surface area contributed by atoms with E-state index in [2.05, 4.69) is 45.0 Å². The Morgan fingerprint density at radius 2 is 2.23 bits per heavy atom. The molecule has 30 heavy (non-hydrogen) atoms. The van der Waals surface area contributed by atoms with Crippen molar-refractivity contribution in [2.45, 2.75) is 38.0 Å². The maximum absolute atomic E-state index is 12.0. The molecule has 3 heterocycles. The molecule has 3 atom stereocenters. The Morgan fingerprint density at radius 3 is 2.90 bits per heavy atom. The van der Waals surface area contributed by atoms with Gasteiger partial charge in [0.2, 0.25) is 5.91 Å². The quantitative estimate of drug-likeness (QED) is 0.472. The van der Waals surface area contributed by atoms with Crippen molar-refractivity contribution in [3.05, 3.63) is 22.4 Å². The van der Waals surface area contributed by atoms with Crippen LogP contribution < -0.4 is 10.6 Å². The fourth-order valence-corrected chi connectivity index (χ4v) is 4.55. The molecule has 9 heteroatoms. The number of aliphatic imine (C=N–C) groups is 1. The summed E-state index contributed by atoms with van der Waals surface area (Å²) >= 11 is 1.77. The third-order valence-corrected chi connectivity index (χ3v) is 6.41. The third kappa shape index (κ3) is 6.94. The summed E-state index contributed by atoms with van der Waals surface area (Å²) in [6.45, 7) is 7.02. The molecule has 0 bridgehead atoms. The van der Waals surface area contributed by atoms with Gasteiger partial charge in [-0.05, 0) is 31.2 Å². The van der Waals surface area contributed by atoms with E-state index in [1.807, 2.05) is 0 Å². The maximum Gasteiger partial charge on any atom is 0.243 e. The number of thiophene rings is 1. The monoisotopic (exact) mass is 437 g/mol. The number of morpholine rings is 1. The first-order valence-corrected chi connectivity index (χ1v) is 11.6. The Hall–Kier alpha value is -1.68. The van der Waals surface area contributed by atoms with Gasteiger partial charge in [-0.25, -0.2) is 4.99 Å². The van der Waals surface area contributed by atoms with Gasteiger partial charge in [0.05, 0.1) is 24.9 Å². The number of hydrogen-bond acceptors (Lipinski definition) is 6. The van der Waals surface area contributed by atoms with Gasteiger partial charge in [0, 0.05) is 51.8 Å². The smallest absolute Gasteiger partial charge is 0.243 e. The van der Waals surface area contributed by atoms with Gasteiger partial charge in [-0.3, -0.25) is 9.69 Å². The van der Waals surface area contributed by atoms with Gasteiger partial charge >= 0.3 is 0 Å². The minimum atomic E-state index is -0.0231. The predicted molar refractivity (Wildman–Crippen MR) is 120 cm³/mol. The Labute approximate surface area is 183 Å². The van der Waals surface area contributed by atoms with Crippen molar-refractivity contribution < 1.29 is 14.3 Å². The molecular weight excluding hydrogens is 402 g/mol. The van der Waals surface area contributed by atoms with Crippen molar-refractivity contribution in [1.29, 1.82) is 0 Å². The second kappa shape index (κ2) is 11.6. The SMILES string of the molecule is CC1CN(C(CNC(=NCC(=O)N(C)C)NCC2CCCO2)c2cccs2)CCO1. The molecule has 2 aliphatic heterocycles. The van der Waals surface area contributed by atoms with Crippen molar-refractivity contribution >= 4 is 23.2 Å². The van der Waals surface area contributed by atoms with Crippen molar-refractivity contribution in [2.24, 2.45) is 4.99 Å². The summed E-state index contributed by atoms with van der Waals surface area (Å²) in [5.41, 5.74) is 0. The standard InChI is InChI=1S/C21H35N5O3S/c1-16-15-26(8-10-28-16)18(19-7-5-11-30-19)13-23-21(24-14-20(27)25(2)3)22-12-17-6-4-9-29-17/h5,7,11,16-18H,4,6,8-10,12-15H2,1-3H3,(H2,22,23,24). The van der Waals surface area contributed by atoms with Crippen molar-refractivity contribution in [3.8, 4) is 0 Å². The van der Waals surface area contributed by atoms with E-state index in [0.29, 0.717) is 19.0 Å². The van der Waals surface area contributed by atoms with Gasteiger partial charge in [-0.1, -0.05) is 6.07 Å². The van der Waals surface area contributed by atoms with Gasteiger partial charge in [-0.15, -0.1) is 11.3 Å². The molecule has 0 aromatic carbocycles. The van der Waals surface area contributed by atoms with Crippen molar-refractivity contribution in [2.75, 3.05) is 60.0 Å². The molecule has 1 aromatic heterocycles. The van der Waals surface area contributed by atoms with E-state index in [1.54, 1.807) is 30.3 Å². The van der Waals surface area contributed by atoms with Crippen LogP contribution >= 0.6 is 11.3 Å². The number of carbonyl (C=O) groups excluding carboxylic acids is 1. The number of rotatable bonds is 8. The summed E-state index contributed by atoms with van der Waals surface area (Å²) in [4.78, 5) is 21.9. The molecule has 0 saturated carbocycles. The number of ether oxygens (including phenoxy) is 2. The van der Waals surface area contributed by atoms with E-state index in [9.17, 15) is 4.79 Å². The molecule has 1 amide bonds. The highest BCUT2D eigenvalue weighted by atomic mass is 32.1. The molecule has 3 unspecified atom stereocenters. The zero-order valence-electron chi connectivity index (χ0n) is 18.3. The predicted octanol–water partition coefficient (Wildman–Crippen LogP) is 1.31. The number of amides is 1.